The largest absolute Gasteiger partial charge is 0.489 e. The first-order valence-electron chi connectivity index (χ1n) is 7.55. The van der Waals surface area contributed by atoms with Gasteiger partial charge in [-0.1, -0.05) is 23.7 Å². The second-order valence-electron chi connectivity index (χ2n) is 5.38. The van der Waals surface area contributed by atoms with Crippen LogP contribution in [0.5, 0.6) is 11.5 Å². The highest BCUT2D eigenvalue weighted by atomic mass is 35.5. The van der Waals surface area contributed by atoms with Gasteiger partial charge in [0, 0.05) is 12.0 Å². The van der Waals surface area contributed by atoms with Gasteiger partial charge in [0.05, 0.1) is 29.3 Å². The molecular formula is C17H14ClN3O3. The maximum Gasteiger partial charge on any atom is 0.270 e. The predicted molar refractivity (Wildman–Crippen MR) is 90.5 cm³/mol. The van der Waals surface area contributed by atoms with Gasteiger partial charge in [0.1, 0.15) is 6.33 Å². The molecule has 4 rings (SSSR count). The molecule has 0 atom stereocenters. The van der Waals surface area contributed by atoms with Crippen molar-refractivity contribution in [3.8, 4) is 11.5 Å². The van der Waals surface area contributed by atoms with Crippen LogP contribution in [0, 0.1) is 0 Å². The molecule has 0 bridgehead atoms. The zero-order valence-electron chi connectivity index (χ0n) is 12.7. The number of nitrogens with zero attached hydrogens (tertiary/aromatic N) is 2. The highest BCUT2D eigenvalue weighted by molar-refractivity contribution is 6.32. The van der Waals surface area contributed by atoms with E-state index in [-0.39, 0.29) is 5.91 Å². The Hall–Kier alpha value is -2.73. The summed E-state index contributed by atoms with van der Waals surface area (Å²) in [6, 6.07) is 10.7. The Morgan fingerprint density at radius 1 is 1.21 bits per heavy atom. The van der Waals surface area contributed by atoms with E-state index in [1.807, 2.05) is 24.3 Å². The Balaban J connectivity index is 1.65. The Labute approximate surface area is 142 Å². The van der Waals surface area contributed by atoms with Gasteiger partial charge in [0.15, 0.2) is 11.5 Å². The van der Waals surface area contributed by atoms with Gasteiger partial charge in [-0.25, -0.2) is 9.66 Å². The Morgan fingerprint density at radius 3 is 2.96 bits per heavy atom. The maximum atomic E-state index is 12.6. The number of halogens is 1. The van der Waals surface area contributed by atoms with E-state index in [2.05, 4.69) is 10.4 Å². The van der Waals surface area contributed by atoms with Crippen LogP contribution in [-0.2, 0) is 0 Å². The third kappa shape index (κ3) is 2.65. The van der Waals surface area contributed by atoms with Gasteiger partial charge in [-0.2, -0.15) is 0 Å². The van der Waals surface area contributed by atoms with Crippen LogP contribution in [0.4, 0.5) is 0 Å². The number of aromatic nitrogens is 2. The molecule has 0 spiro atoms. The zero-order valence-corrected chi connectivity index (χ0v) is 13.4. The van der Waals surface area contributed by atoms with E-state index in [4.69, 9.17) is 21.1 Å². The summed E-state index contributed by atoms with van der Waals surface area (Å²) in [5.41, 5.74) is 4.79. The lowest BCUT2D eigenvalue weighted by molar-refractivity contribution is 0.101. The quantitative estimate of drug-likeness (QED) is 0.775. The van der Waals surface area contributed by atoms with Gasteiger partial charge in [0.2, 0.25) is 0 Å². The average Bonchev–Trinajstić information content (AvgIpc) is 2.83. The first-order chi connectivity index (χ1) is 11.7. The molecule has 1 aromatic heterocycles. The average molecular weight is 344 g/mol. The highest BCUT2D eigenvalue weighted by Gasteiger charge is 2.19. The van der Waals surface area contributed by atoms with Crippen molar-refractivity contribution in [3.63, 3.8) is 0 Å². The fraction of sp³-hybridized carbons (Fsp3) is 0.176. The van der Waals surface area contributed by atoms with Gasteiger partial charge in [-0.05, 0) is 24.3 Å². The van der Waals surface area contributed by atoms with E-state index in [0.717, 1.165) is 17.5 Å². The number of benzene rings is 2. The molecule has 2 aromatic carbocycles. The van der Waals surface area contributed by atoms with Gasteiger partial charge >= 0.3 is 0 Å². The molecule has 24 heavy (non-hydrogen) atoms. The third-order valence-corrected chi connectivity index (χ3v) is 4.02. The zero-order chi connectivity index (χ0) is 16.5. The van der Waals surface area contributed by atoms with E-state index in [9.17, 15) is 4.79 Å². The minimum absolute atomic E-state index is 0.310. The van der Waals surface area contributed by atoms with Crippen molar-refractivity contribution >= 4 is 28.5 Å². The number of carbonyl (C=O) groups is 1. The van der Waals surface area contributed by atoms with Crippen LogP contribution in [0.3, 0.4) is 0 Å². The third-order valence-electron chi connectivity index (χ3n) is 3.74. The Bertz CT molecular complexity index is 923. The van der Waals surface area contributed by atoms with Crippen molar-refractivity contribution in [3.05, 3.63) is 53.3 Å². The molecule has 3 aromatic rings. The van der Waals surface area contributed by atoms with E-state index in [1.165, 1.54) is 0 Å². The molecule has 122 valence electrons. The minimum Gasteiger partial charge on any atom is -0.489 e. The van der Waals surface area contributed by atoms with Crippen LogP contribution in [-0.4, -0.2) is 28.8 Å². The summed E-state index contributed by atoms with van der Waals surface area (Å²) in [5, 5.41) is 0.357. The molecular weight excluding hydrogens is 330 g/mol. The van der Waals surface area contributed by atoms with Crippen LogP contribution in [0.2, 0.25) is 5.02 Å². The fourth-order valence-corrected chi connectivity index (χ4v) is 2.85. The normalized spacial score (nSPS) is 13.5. The first kappa shape index (κ1) is 14.8. The van der Waals surface area contributed by atoms with Crippen LogP contribution < -0.4 is 14.9 Å². The van der Waals surface area contributed by atoms with E-state index in [1.54, 1.807) is 23.1 Å². The molecule has 0 unspecified atom stereocenters. The number of fused-ring (bicyclic) bond motifs is 2. The van der Waals surface area contributed by atoms with Crippen molar-refractivity contribution in [1.82, 2.24) is 9.66 Å². The molecule has 1 aliphatic heterocycles. The molecule has 0 aliphatic carbocycles. The van der Waals surface area contributed by atoms with Gasteiger partial charge in [-0.3, -0.25) is 10.2 Å². The summed E-state index contributed by atoms with van der Waals surface area (Å²) in [7, 11) is 0. The molecule has 1 N–H and O–H groups in total. The summed E-state index contributed by atoms with van der Waals surface area (Å²) >= 11 is 6.24. The molecule has 0 radical (unpaired) electrons. The summed E-state index contributed by atoms with van der Waals surface area (Å²) in [6.07, 6.45) is 2.33. The van der Waals surface area contributed by atoms with Crippen molar-refractivity contribution in [2.45, 2.75) is 6.42 Å². The topological polar surface area (TPSA) is 65.4 Å². The van der Waals surface area contributed by atoms with Crippen molar-refractivity contribution in [1.29, 1.82) is 0 Å². The molecule has 0 saturated heterocycles. The number of hydrogen-bond donors (Lipinski definition) is 1. The van der Waals surface area contributed by atoms with E-state index < -0.39 is 0 Å². The Kier molecular flexibility index (Phi) is 3.74. The number of nitrogens with one attached hydrogen (secondary N) is 1. The molecule has 6 nitrogen and oxygen atoms in total. The van der Waals surface area contributed by atoms with Crippen molar-refractivity contribution in [2.24, 2.45) is 0 Å². The van der Waals surface area contributed by atoms with Crippen LogP contribution >= 0.6 is 11.6 Å². The second-order valence-corrected chi connectivity index (χ2v) is 5.79. The van der Waals surface area contributed by atoms with Crippen LogP contribution in [0.25, 0.3) is 11.0 Å². The number of imidazole rings is 1. The van der Waals surface area contributed by atoms with Crippen LogP contribution in [0.15, 0.2) is 42.7 Å². The second kappa shape index (κ2) is 6.05. The summed E-state index contributed by atoms with van der Waals surface area (Å²) in [4.78, 5) is 16.8. The standard InChI is InChI=1S/C17H14ClN3O3/c18-12-8-11(9-15-16(12)24-7-3-6-23-15)17(22)20-21-10-19-13-4-1-2-5-14(13)21/h1-2,4-5,8-10H,3,6-7H2,(H,20,22). The lowest BCUT2D eigenvalue weighted by atomic mass is 10.2. The SMILES string of the molecule is O=C(Nn1cnc2ccccc21)c1cc(Cl)c2c(c1)OCCCO2. The van der Waals surface area contributed by atoms with E-state index >= 15 is 0 Å². The molecule has 7 heteroatoms. The maximum absolute atomic E-state index is 12.6. The number of para-hydroxylation sites is 2. The van der Waals surface area contributed by atoms with E-state index in [0.29, 0.717) is 35.3 Å². The highest BCUT2D eigenvalue weighted by Crippen LogP contribution is 2.38. The smallest absolute Gasteiger partial charge is 0.270 e. The molecule has 1 amide bonds. The molecule has 0 fully saturated rings. The summed E-state index contributed by atoms with van der Waals surface area (Å²) in [5.74, 6) is 0.662. The van der Waals surface area contributed by atoms with Crippen molar-refractivity contribution < 1.29 is 14.3 Å². The predicted octanol–water partition coefficient (Wildman–Crippen LogP) is 3.23. The van der Waals surface area contributed by atoms with Crippen molar-refractivity contribution in [2.75, 3.05) is 18.6 Å². The number of rotatable bonds is 2. The number of amides is 1. The van der Waals surface area contributed by atoms with Crippen LogP contribution in [0.1, 0.15) is 16.8 Å². The monoisotopic (exact) mass is 343 g/mol. The molecule has 2 heterocycles. The minimum atomic E-state index is -0.310. The number of ether oxygens (including phenoxy) is 2. The number of carbonyl (C=O) groups excluding carboxylic acids is 1. The number of hydrogen-bond acceptors (Lipinski definition) is 4. The molecule has 1 aliphatic rings. The molecule has 0 saturated carbocycles. The Morgan fingerprint density at radius 2 is 2.04 bits per heavy atom. The van der Waals surface area contributed by atoms with Gasteiger partial charge in [-0.15, -0.1) is 0 Å². The lowest BCUT2D eigenvalue weighted by Gasteiger charge is -2.12. The lowest BCUT2D eigenvalue weighted by Crippen LogP contribution is -2.22. The van der Waals surface area contributed by atoms with Gasteiger partial charge in [0.25, 0.3) is 5.91 Å². The first-order valence-corrected chi connectivity index (χ1v) is 7.93. The van der Waals surface area contributed by atoms with Gasteiger partial charge < -0.3 is 9.47 Å². The summed E-state index contributed by atoms with van der Waals surface area (Å²) in [6.45, 7) is 1.07. The summed E-state index contributed by atoms with van der Waals surface area (Å²) < 4.78 is 12.8. The fourth-order valence-electron chi connectivity index (χ4n) is 2.58.